The number of ether oxygens (including phenoxy) is 1. The van der Waals surface area contributed by atoms with Crippen LogP contribution < -0.4 is 10.1 Å². The number of benzene rings is 2. The van der Waals surface area contributed by atoms with Crippen molar-refractivity contribution in [1.29, 1.82) is 0 Å². The van der Waals surface area contributed by atoms with E-state index < -0.39 is 0 Å². The predicted molar refractivity (Wildman–Crippen MR) is 141 cm³/mol. The Morgan fingerprint density at radius 3 is 2.53 bits per heavy atom. The zero-order chi connectivity index (χ0) is 24.3. The van der Waals surface area contributed by atoms with Crippen molar-refractivity contribution in [2.45, 2.75) is 38.3 Å². The van der Waals surface area contributed by atoms with Crippen LogP contribution in [0.3, 0.4) is 0 Å². The lowest BCUT2D eigenvalue weighted by atomic mass is 10.0. The van der Waals surface area contributed by atoms with Crippen LogP contribution in [0.2, 0.25) is 10.0 Å². The Morgan fingerprint density at radius 1 is 1.12 bits per heavy atom. The van der Waals surface area contributed by atoms with Crippen LogP contribution >= 0.6 is 35.4 Å². The summed E-state index contributed by atoms with van der Waals surface area (Å²) in [5.74, 6) is 0.480. The minimum Gasteiger partial charge on any atom is -0.494 e. The van der Waals surface area contributed by atoms with Gasteiger partial charge in [-0.15, -0.1) is 0 Å². The van der Waals surface area contributed by atoms with E-state index in [9.17, 15) is 9.59 Å². The fraction of sp³-hybridized carbons (Fsp3) is 0.360. The molecular weight excluding hydrogens is 493 g/mol. The number of nitrogens with one attached hydrogen (secondary N) is 1. The van der Waals surface area contributed by atoms with Crippen LogP contribution in [-0.2, 0) is 11.3 Å². The van der Waals surface area contributed by atoms with Crippen molar-refractivity contribution in [1.82, 2.24) is 10.2 Å². The molecule has 2 aromatic rings. The highest BCUT2D eigenvalue weighted by molar-refractivity contribution is 7.78. The van der Waals surface area contributed by atoms with E-state index in [0.29, 0.717) is 40.8 Å². The first-order chi connectivity index (χ1) is 16.4. The number of likely N-dealkylation sites (tertiary alicyclic amines) is 1. The molecule has 180 valence electrons. The average Bonchev–Trinajstić information content (AvgIpc) is 2.84. The summed E-state index contributed by atoms with van der Waals surface area (Å²) in [5.41, 5.74) is 2.79. The Kier molecular flexibility index (Phi) is 10.5. The number of hydrogen-bond donors (Lipinski definition) is 1. The van der Waals surface area contributed by atoms with Crippen LogP contribution in [0.25, 0.3) is 0 Å². The Labute approximate surface area is 215 Å². The molecule has 0 aliphatic carbocycles. The molecule has 1 N–H and O–H groups in total. The van der Waals surface area contributed by atoms with Crippen LogP contribution in [0.5, 0.6) is 5.75 Å². The summed E-state index contributed by atoms with van der Waals surface area (Å²) in [6.07, 6.45) is 4.05. The minimum absolute atomic E-state index is 0.0466. The van der Waals surface area contributed by atoms with Gasteiger partial charge in [0, 0.05) is 37.7 Å². The van der Waals surface area contributed by atoms with E-state index >= 15 is 0 Å². The van der Waals surface area contributed by atoms with Crippen molar-refractivity contribution in [3.8, 4) is 5.75 Å². The van der Waals surface area contributed by atoms with Crippen molar-refractivity contribution >= 4 is 58.8 Å². The number of hydrogen-bond acceptors (Lipinski definition) is 5. The molecule has 0 spiro atoms. The summed E-state index contributed by atoms with van der Waals surface area (Å²) in [4.78, 5) is 30.1. The maximum Gasteiger partial charge on any atom is 0.220 e. The summed E-state index contributed by atoms with van der Waals surface area (Å²) >= 11 is 16.7. The maximum atomic E-state index is 12.3. The smallest absolute Gasteiger partial charge is 0.220 e. The number of amides is 1. The molecule has 0 radical (unpaired) electrons. The molecule has 3 rings (SSSR count). The normalized spacial score (nSPS) is 14.8. The topological polar surface area (TPSA) is 71.0 Å². The Balaban J connectivity index is 1.30. The number of halogens is 2. The number of ketones is 1. The molecule has 1 heterocycles. The highest BCUT2D eigenvalue weighted by Crippen LogP contribution is 2.24. The van der Waals surface area contributed by atoms with Gasteiger partial charge >= 0.3 is 0 Å². The number of carbonyl (C=O) groups is 2. The number of rotatable bonds is 11. The summed E-state index contributed by atoms with van der Waals surface area (Å²) in [5, 5.41) is 4.28. The van der Waals surface area contributed by atoms with Crippen LogP contribution in [0.1, 0.15) is 41.6 Å². The molecule has 1 amide bonds. The molecule has 0 unspecified atom stereocenters. The van der Waals surface area contributed by atoms with Gasteiger partial charge in [-0.1, -0.05) is 41.5 Å². The lowest BCUT2D eigenvalue weighted by molar-refractivity contribution is -0.122. The largest absolute Gasteiger partial charge is 0.494 e. The van der Waals surface area contributed by atoms with Gasteiger partial charge in [0.25, 0.3) is 0 Å². The second kappa shape index (κ2) is 13.5. The maximum absolute atomic E-state index is 12.3. The minimum atomic E-state index is -0.218. The third kappa shape index (κ3) is 8.47. The third-order valence-electron chi connectivity index (χ3n) is 5.55. The van der Waals surface area contributed by atoms with E-state index in [-0.39, 0.29) is 17.7 Å². The molecule has 0 aromatic heterocycles. The summed E-state index contributed by atoms with van der Waals surface area (Å²) < 4.78 is 5.68. The fourth-order valence-electron chi connectivity index (χ4n) is 3.74. The van der Waals surface area contributed by atoms with E-state index in [1.54, 1.807) is 24.3 Å². The fourth-order valence-corrected chi connectivity index (χ4v) is 4.12. The van der Waals surface area contributed by atoms with Gasteiger partial charge in [-0.25, -0.2) is 4.99 Å². The lowest BCUT2D eigenvalue weighted by Crippen LogP contribution is -2.44. The molecule has 1 saturated heterocycles. The number of carbonyl (C=O) groups excluding carboxylic acids is 2. The molecule has 1 fully saturated rings. The van der Waals surface area contributed by atoms with E-state index in [1.807, 2.05) is 18.2 Å². The van der Waals surface area contributed by atoms with Crippen molar-refractivity contribution < 1.29 is 14.3 Å². The Morgan fingerprint density at radius 2 is 1.85 bits per heavy atom. The van der Waals surface area contributed by atoms with Gasteiger partial charge in [-0.3, -0.25) is 14.5 Å². The molecule has 34 heavy (non-hydrogen) atoms. The number of piperidine rings is 1. The third-order valence-corrected chi connectivity index (χ3v) is 6.41. The number of Topliss-reactive ketones (excluding diaryl/α,β-unsaturated/α-hetero) is 1. The van der Waals surface area contributed by atoms with Gasteiger partial charge in [0.2, 0.25) is 11.7 Å². The van der Waals surface area contributed by atoms with Gasteiger partial charge in [-0.2, -0.15) is 0 Å². The van der Waals surface area contributed by atoms with Crippen LogP contribution in [-0.4, -0.2) is 54.0 Å². The molecule has 2 aromatic carbocycles. The number of thiocarbonyl (C=S) groups is 1. The van der Waals surface area contributed by atoms with E-state index in [1.165, 1.54) is 6.21 Å². The van der Waals surface area contributed by atoms with Crippen molar-refractivity contribution in [3.63, 3.8) is 0 Å². The van der Waals surface area contributed by atoms with Gasteiger partial charge in [0.1, 0.15) is 5.75 Å². The predicted octanol–water partition coefficient (Wildman–Crippen LogP) is 5.14. The zero-order valence-corrected chi connectivity index (χ0v) is 21.0. The Hall–Kier alpha value is -2.32. The van der Waals surface area contributed by atoms with Crippen molar-refractivity contribution in [3.05, 3.63) is 63.6 Å². The molecule has 0 atom stereocenters. The second-order valence-electron chi connectivity index (χ2n) is 8.09. The van der Waals surface area contributed by atoms with Crippen LogP contribution in [0.4, 0.5) is 0 Å². The Bertz CT molecular complexity index is 1020. The summed E-state index contributed by atoms with van der Waals surface area (Å²) in [6, 6.07) is 12.7. The first-order valence-electron chi connectivity index (χ1n) is 11.1. The first kappa shape index (κ1) is 26.3. The zero-order valence-electron chi connectivity index (χ0n) is 18.7. The molecule has 9 heteroatoms. The van der Waals surface area contributed by atoms with Crippen molar-refractivity contribution in [2.75, 3.05) is 19.7 Å². The van der Waals surface area contributed by atoms with Crippen LogP contribution in [0.15, 0.2) is 47.5 Å². The second-order valence-corrected chi connectivity index (χ2v) is 9.12. The van der Waals surface area contributed by atoms with E-state index in [2.05, 4.69) is 27.4 Å². The first-order valence-corrected chi connectivity index (χ1v) is 12.4. The highest BCUT2D eigenvalue weighted by atomic mass is 35.5. The highest BCUT2D eigenvalue weighted by Gasteiger charge is 2.20. The molecule has 1 aliphatic heterocycles. The van der Waals surface area contributed by atoms with E-state index in [0.717, 1.165) is 43.5 Å². The van der Waals surface area contributed by atoms with Gasteiger partial charge in [0.15, 0.2) is 0 Å². The average molecular weight is 520 g/mol. The SMILES string of the molecule is O=C(CCCOc1ccc(C(=O)C=NC=S)cc1)NC1CCN(Cc2ccc(Cl)c(Cl)c2)CC1. The van der Waals surface area contributed by atoms with Gasteiger partial charge in [0.05, 0.1) is 28.4 Å². The van der Waals surface area contributed by atoms with Crippen molar-refractivity contribution in [2.24, 2.45) is 4.99 Å². The standard InChI is InChI=1S/C25H27Cl2N3O3S/c26-22-8-3-18(14-23(22)27)16-30-11-9-20(10-12-30)29-25(32)2-1-13-33-21-6-4-19(5-7-21)24(31)15-28-17-34/h3-8,14-15,17,20H,1-2,9-13,16H2,(H,29,32). The number of nitrogens with zero attached hydrogens (tertiary/aromatic N) is 2. The molecule has 0 saturated carbocycles. The quantitative estimate of drug-likeness (QED) is 0.192. The monoisotopic (exact) mass is 519 g/mol. The molecule has 0 bridgehead atoms. The number of aliphatic imine (C=N–C) groups is 1. The molecule has 6 nitrogen and oxygen atoms in total. The van der Waals surface area contributed by atoms with Crippen LogP contribution in [0, 0.1) is 0 Å². The van der Waals surface area contributed by atoms with Gasteiger partial charge < -0.3 is 10.1 Å². The summed E-state index contributed by atoms with van der Waals surface area (Å²) in [7, 11) is 0. The van der Waals surface area contributed by atoms with E-state index in [4.69, 9.17) is 27.9 Å². The van der Waals surface area contributed by atoms with Gasteiger partial charge in [-0.05, 0) is 61.2 Å². The summed E-state index contributed by atoms with van der Waals surface area (Å²) in [6.45, 7) is 3.09. The lowest BCUT2D eigenvalue weighted by Gasteiger charge is -2.32. The molecular formula is C25H27Cl2N3O3S. The molecule has 1 aliphatic rings.